The first kappa shape index (κ1) is 19.0. The molecule has 0 aliphatic rings. The summed E-state index contributed by atoms with van der Waals surface area (Å²) in [5.74, 6) is 0.00126. The number of hydrogen-bond donors (Lipinski definition) is 4. The van der Waals surface area contributed by atoms with Crippen LogP contribution in [-0.4, -0.2) is 28.5 Å². The Morgan fingerprint density at radius 2 is 1.79 bits per heavy atom. The monoisotopic (exact) mass is 380 g/mol. The number of anilines is 1. The second kappa shape index (κ2) is 8.26. The van der Waals surface area contributed by atoms with Crippen LogP contribution in [0, 0.1) is 0 Å². The molecule has 1 heterocycles. The Balaban J connectivity index is 1.63. The first-order valence-corrected chi connectivity index (χ1v) is 8.65. The van der Waals surface area contributed by atoms with E-state index in [0.717, 1.165) is 11.1 Å². The molecule has 0 saturated heterocycles. The highest BCUT2D eigenvalue weighted by Gasteiger charge is 2.16. The molecule has 8 heteroatoms. The van der Waals surface area contributed by atoms with Crippen molar-refractivity contribution in [3.8, 4) is 16.9 Å². The fourth-order valence-corrected chi connectivity index (χ4v) is 2.63. The molecule has 8 nitrogen and oxygen atoms in total. The highest BCUT2D eigenvalue weighted by molar-refractivity contribution is 5.96. The van der Waals surface area contributed by atoms with Crippen LogP contribution in [0.2, 0.25) is 0 Å². The van der Waals surface area contributed by atoms with E-state index >= 15 is 0 Å². The number of nitrogen functional groups attached to an aromatic ring is 1. The van der Waals surface area contributed by atoms with Crippen LogP contribution in [0.4, 0.5) is 5.69 Å². The summed E-state index contributed by atoms with van der Waals surface area (Å²) in [6.45, 7) is 1.93. The minimum Gasteiger partial charge on any atom is -0.491 e. The van der Waals surface area contributed by atoms with E-state index in [9.17, 15) is 14.4 Å². The van der Waals surface area contributed by atoms with E-state index in [1.165, 1.54) is 0 Å². The Labute approximate surface area is 160 Å². The smallest absolute Gasteiger partial charge is 0.326 e. The summed E-state index contributed by atoms with van der Waals surface area (Å²) in [4.78, 5) is 39.3. The number of benzene rings is 2. The number of nitrogens with one attached hydrogen (secondary N) is 3. The average molecular weight is 380 g/mol. The zero-order valence-corrected chi connectivity index (χ0v) is 15.2. The number of carbonyl (C=O) groups is 1. The first-order chi connectivity index (χ1) is 13.4. The summed E-state index contributed by atoms with van der Waals surface area (Å²) < 4.78 is 5.76. The van der Waals surface area contributed by atoms with Gasteiger partial charge in [-0.15, -0.1) is 0 Å². The van der Waals surface area contributed by atoms with Crippen LogP contribution in [0.3, 0.4) is 0 Å². The normalized spacial score (nSPS) is 11.6. The average Bonchev–Trinajstić information content (AvgIpc) is 2.70. The number of H-pyrrole nitrogens is 2. The van der Waals surface area contributed by atoms with Gasteiger partial charge in [-0.05, 0) is 30.2 Å². The molecule has 0 fully saturated rings. The highest BCUT2D eigenvalue weighted by atomic mass is 16.5. The van der Waals surface area contributed by atoms with Gasteiger partial charge in [0.1, 0.15) is 23.7 Å². The minimum atomic E-state index is -0.810. The van der Waals surface area contributed by atoms with Crippen LogP contribution in [0.15, 0.2) is 64.2 Å². The summed E-state index contributed by atoms with van der Waals surface area (Å²) in [5.41, 5.74) is 5.42. The number of aromatic nitrogens is 2. The van der Waals surface area contributed by atoms with Gasteiger partial charge in [-0.25, -0.2) is 4.79 Å². The number of hydrogen-bond acceptors (Lipinski definition) is 5. The molecule has 3 aromatic rings. The molecule has 5 N–H and O–H groups in total. The van der Waals surface area contributed by atoms with Crippen molar-refractivity contribution in [1.82, 2.24) is 15.3 Å². The lowest BCUT2D eigenvalue weighted by Crippen LogP contribution is -2.40. The van der Waals surface area contributed by atoms with Gasteiger partial charge in [0.05, 0.1) is 6.04 Å². The molecular weight excluding hydrogens is 360 g/mol. The summed E-state index contributed by atoms with van der Waals surface area (Å²) >= 11 is 0. The van der Waals surface area contributed by atoms with Crippen molar-refractivity contribution in [3.05, 3.63) is 81.1 Å². The molecule has 2 aromatic carbocycles. The quantitative estimate of drug-likeness (QED) is 0.515. The maximum atomic E-state index is 12.3. The largest absolute Gasteiger partial charge is 0.491 e. The molecular formula is C20H20N4O4. The van der Waals surface area contributed by atoms with Gasteiger partial charge in [0.25, 0.3) is 11.5 Å². The maximum Gasteiger partial charge on any atom is 0.326 e. The van der Waals surface area contributed by atoms with Gasteiger partial charge < -0.3 is 20.8 Å². The SMILES string of the molecule is C[C@H](COc1cccc(-c2ccccc2)c1)NC(=O)c1[nH]c(=O)[nH]c(=O)c1N. The maximum absolute atomic E-state index is 12.3. The summed E-state index contributed by atoms with van der Waals surface area (Å²) in [6, 6.07) is 17.1. The van der Waals surface area contributed by atoms with E-state index in [0.29, 0.717) is 5.75 Å². The van der Waals surface area contributed by atoms with Crippen LogP contribution in [0.5, 0.6) is 5.75 Å². The molecule has 144 valence electrons. The van der Waals surface area contributed by atoms with Crippen molar-refractivity contribution in [2.45, 2.75) is 13.0 Å². The summed E-state index contributed by atoms with van der Waals surface area (Å²) in [7, 11) is 0. The van der Waals surface area contributed by atoms with Crippen molar-refractivity contribution in [3.63, 3.8) is 0 Å². The van der Waals surface area contributed by atoms with Crippen LogP contribution >= 0.6 is 0 Å². The highest BCUT2D eigenvalue weighted by Crippen LogP contribution is 2.23. The van der Waals surface area contributed by atoms with Crippen LogP contribution in [0.1, 0.15) is 17.4 Å². The summed E-state index contributed by atoms with van der Waals surface area (Å²) in [5, 5.41) is 2.64. The Hall–Kier alpha value is -3.81. The van der Waals surface area contributed by atoms with Crippen LogP contribution < -0.4 is 27.0 Å². The number of nitrogens with two attached hydrogens (primary N) is 1. The zero-order chi connectivity index (χ0) is 20.1. The Morgan fingerprint density at radius 3 is 2.54 bits per heavy atom. The Kier molecular flexibility index (Phi) is 5.59. The van der Waals surface area contributed by atoms with Crippen LogP contribution in [0.25, 0.3) is 11.1 Å². The predicted molar refractivity (Wildman–Crippen MR) is 106 cm³/mol. The molecule has 1 atom stereocenters. The lowest BCUT2D eigenvalue weighted by atomic mass is 10.1. The molecule has 1 aromatic heterocycles. The fraction of sp³-hybridized carbons (Fsp3) is 0.150. The lowest BCUT2D eigenvalue weighted by Gasteiger charge is -2.16. The van der Waals surface area contributed by atoms with Gasteiger partial charge in [-0.1, -0.05) is 42.5 Å². The Bertz CT molecular complexity index is 1090. The molecule has 0 aliphatic heterocycles. The van der Waals surface area contributed by atoms with Gasteiger partial charge >= 0.3 is 5.69 Å². The molecule has 0 radical (unpaired) electrons. The molecule has 28 heavy (non-hydrogen) atoms. The van der Waals surface area contributed by atoms with E-state index < -0.39 is 23.2 Å². The van der Waals surface area contributed by atoms with Crippen molar-refractivity contribution in [1.29, 1.82) is 0 Å². The minimum absolute atomic E-state index is 0.192. The topological polar surface area (TPSA) is 130 Å². The van der Waals surface area contributed by atoms with Gasteiger partial charge in [0.2, 0.25) is 0 Å². The van der Waals surface area contributed by atoms with Crippen molar-refractivity contribution >= 4 is 11.6 Å². The fourth-order valence-electron chi connectivity index (χ4n) is 2.63. The molecule has 0 aliphatic carbocycles. The molecule has 0 bridgehead atoms. The molecule has 3 rings (SSSR count). The second-order valence-electron chi connectivity index (χ2n) is 6.28. The molecule has 0 spiro atoms. The van der Waals surface area contributed by atoms with Gasteiger partial charge in [0.15, 0.2) is 0 Å². The molecule has 0 saturated carbocycles. The van der Waals surface area contributed by atoms with E-state index in [2.05, 4.69) is 10.3 Å². The van der Waals surface area contributed by atoms with E-state index in [1.807, 2.05) is 59.6 Å². The second-order valence-corrected chi connectivity index (χ2v) is 6.28. The number of ether oxygens (including phenoxy) is 1. The van der Waals surface area contributed by atoms with Gasteiger partial charge in [0, 0.05) is 0 Å². The zero-order valence-electron chi connectivity index (χ0n) is 15.2. The van der Waals surface area contributed by atoms with E-state index in [4.69, 9.17) is 10.5 Å². The van der Waals surface area contributed by atoms with E-state index in [-0.39, 0.29) is 18.0 Å². The first-order valence-electron chi connectivity index (χ1n) is 8.65. The van der Waals surface area contributed by atoms with Crippen molar-refractivity contribution < 1.29 is 9.53 Å². The molecule has 1 amide bonds. The molecule has 0 unspecified atom stereocenters. The number of amides is 1. The summed E-state index contributed by atoms with van der Waals surface area (Å²) in [6.07, 6.45) is 0. The van der Waals surface area contributed by atoms with Crippen molar-refractivity contribution in [2.75, 3.05) is 12.3 Å². The standard InChI is InChI=1S/C20H20N4O4/c1-12(22-19(26)17-16(21)18(25)24-20(27)23-17)11-28-15-9-5-8-14(10-15)13-6-3-2-4-7-13/h2-10,12H,11,21H2,1H3,(H,22,26)(H2,23,24,25,27)/t12-/m1/s1. The van der Waals surface area contributed by atoms with E-state index in [1.54, 1.807) is 6.92 Å². The van der Waals surface area contributed by atoms with Crippen LogP contribution in [-0.2, 0) is 0 Å². The van der Waals surface area contributed by atoms with Gasteiger partial charge in [-0.2, -0.15) is 0 Å². The third-order valence-electron chi connectivity index (χ3n) is 4.03. The number of carbonyl (C=O) groups excluding carboxylic acids is 1. The third-order valence-corrected chi connectivity index (χ3v) is 4.03. The number of rotatable bonds is 6. The van der Waals surface area contributed by atoms with Gasteiger partial charge in [-0.3, -0.25) is 14.6 Å². The Morgan fingerprint density at radius 1 is 1.07 bits per heavy atom. The van der Waals surface area contributed by atoms with Crippen molar-refractivity contribution in [2.24, 2.45) is 0 Å². The third kappa shape index (κ3) is 4.47. The number of aromatic amines is 2. The predicted octanol–water partition coefficient (Wildman–Crippen LogP) is 1.51. The lowest BCUT2D eigenvalue weighted by molar-refractivity contribution is 0.0922.